The van der Waals surface area contributed by atoms with Crippen molar-refractivity contribution in [3.05, 3.63) is 23.5 Å². The highest BCUT2D eigenvalue weighted by Crippen LogP contribution is 2.25. The normalized spacial score (nSPS) is 18.0. The maximum atomic E-state index is 10.6. The SMILES string of the molecule is C[C@@H]1c2cc(B(O)O)cnc2CCN1C.O=C(O)C(F)(F)F. The molecule has 0 saturated carbocycles. The molecule has 0 aromatic carbocycles. The largest absolute Gasteiger partial charge is 0.490 e. The third-order valence-electron chi connectivity index (χ3n) is 3.38. The van der Waals surface area contributed by atoms with Crippen LogP contribution in [0, 0.1) is 0 Å². The van der Waals surface area contributed by atoms with Crippen molar-refractivity contribution in [2.24, 2.45) is 0 Å². The van der Waals surface area contributed by atoms with E-state index in [4.69, 9.17) is 19.9 Å². The number of rotatable bonds is 1. The van der Waals surface area contributed by atoms with Gasteiger partial charge in [-0.2, -0.15) is 13.2 Å². The van der Waals surface area contributed by atoms with Crippen LogP contribution in [-0.4, -0.2) is 57.9 Å². The molecule has 0 saturated heterocycles. The van der Waals surface area contributed by atoms with Gasteiger partial charge in [-0.25, -0.2) is 4.79 Å². The average molecular weight is 320 g/mol. The Morgan fingerprint density at radius 1 is 1.45 bits per heavy atom. The van der Waals surface area contributed by atoms with Gasteiger partial charge in [-0.3, -0.25) is 9.88 Å². The summed E-state index contributed by atoms with van der Waals surface area (Å²) in [5.41, 5.74) is 2.65. The summed E-state index contributed by atoms with van der Waals surface area (Å²) >= 11 is 0. The lowest BCUT2D eigenvalue weighted by atomic mass is 9.79. The van der Waals surface area contributed by atoms with Crippen molar-refractivity contribution in [1.29, 1.82) is 0 Å². The van der Waals surface area contributed by atoms with Crippen LogP contribution in [0.5, 0.6) is 0 Å². The number of hydrogen-bond acceptors (Lipinski definition) is 5. The van der Waals surface area contributed by atoms with E-state index in [1.165, 1.54) is 0 Å². The van der Waals surface area contributed by atoms with Crippen LogP contribution in [0.25, 0.3) is 0 Å². The van der Waals surface area contributed by atoms with Crippen LogP contribution in [0.4, 0.5) is 13.2 Å². The molecule has 3 N–H and O–H groups in total. The number of hydrogen-bond donors (Lipinski definition) is 3. The Bertz CT molecular complexity index is 540. The molecule has 1 aliphatic rings. The number of aliphatic carboxylic acids is 1. The molecule has 0 aliphatic carbocycles. The molecule has 1 aliphatic heterocycles. The fourth-order valence-corrected chi connectivity index (χ4v) is 1.95. The minimum absolute atomic E-state index is 0.292. The monoisotopic (exact) mass is 320 g/mol. The van der Waals surface area contributed by atoms with Gasteiger partial charge >= 0.3 is 19.3 Å². The van der Waals surface area contributed by atoms with E-state index in [0.717, 1.165) is 24.2 Å². The average Bonchev–Trinajstić information content (AvgIpc) is 2.42. The van der Waals surface area contributed by atoms with E-state index in [1.54, 1.807) is 6.20 Å². The van der Waals surface area contributed by atoms with Crippen LogP contribution >= 0.6 is 0 Å². The Labute approximate surface area is 125 Å². The first-order valence-electron chi connectivity index (χ1n) is 6.39. The Balaban J connectivity index is 0.000000295. The van der Waals surface area contributed by atoms with Crippen molar-refractivity contribution in [2.45, 2.75) is 25.6 Å². The number of likely N-dealkylation sites (N-methyl/N-ethyl adjacent to an activating group) is 1. The smallest absolute Gasteiger partial charge is 0.475 e. The van der Waals surface area contributed by atoms with Crippen molar-refractivity contribution >= 4 is 18.6 Å². The number of fused-ring (bicyclic) bond motifs is 1. The molecule has 6 nitrogen and oxygen atoms in total. The van der Waals surface area contributed by atoms with Crippen LogP contribution < -0.4 is 5.46 Å². The van der Waals surface area contributed by atoms with Gasteiger partial charge < -0.3 is 15.2 Å². The number of pyridine rings is 1. The molecule has 0 radical (unpaired) electrons. The Morgan fingerprint density at radius 2 is 2.00 bits per heavy atom. The molecular formula is C12H16BF3N2O4. The molecule has 1 atom stereocenters. The highest BCUT2D eigenvalue weighted by Gasteiger charge is 2.38. The second-order valence-corrected chi connectivity index (χ2v) is 4.89. The highest BCUT2D eigenvalue weighted by molar-refractivity contribution is 6.58. The number of alkyl halides is 3. The summed E-state index contributed by atoms with van der Waals surface area (Å²) in [6, 6.07) is 2.13. The number of nitrogens with zero attached hydrogens (tertiary/aromatic N) is 2. The third kappa shape index (κ3) is 4.68. The number of carboxylic acid groups (broad SMARTS) is 1. The van der Waals surface area contributed by atoms with Gasteiger partial charge in [0.2, 0.25) is 0 Å². The zero-order valence-corrected chi connectivity index (χ0v) is 12.0. The van der Waals surface area contributed by atoms with E-state index in [2.05, 4.69) is 23.9 Å². The molecule has 0 spiro atoms. The van der Waals surface area contributed by atoms with E-state index in [-0.39, 0.29) is 0 Å². The minimum atomic E-state index is -5.08. The summed E-state index contributed by atoms with van der Waals surface area (Å²) in [5.74, 6) is -2.76. The van der Waals surface area contributed by atoms with Crippen LogP contribution in [-0.2, 0) is 11.2 Å². The molecule has 2 rings (SSSR count). The molecule has 122 valence electrons. The van der Waals surface area contributed by atoms with Crippen LogP contribution in [0.1, 0.15) is 24.2 Å². The molecule has 0 unspecified atom stereocenters. The maximum Gasteiger partial charge on any atom is 0.490 e. The molecule has 22 heavy (non-hydrogen) atoms. The van der Waals surface area contributed by atoms with Crippen LogP contribution in [0.15, 0.2) is 12.3 Å². The lowest BCUT2D eigenvalue weighted by Gasteiger charge is -2.31. The second kappa shape index (κ2) is 7.08. The Morgan fingerprint density at radius 3 is 2.45 bits per heavy atom. The van der Waals surface area contributed by atoms with Crippen molar-refractivity contribution in [3.8, 4) is 0 Å². The molecule has 1 aromatic heterocycles. The summed E-state index contributed by atoms with van der Waals surface area (Å²) in [6.07, 6.45) is -2.61. The number of aromatic nitrogens is 1. The standard InChI is InChI=1S/C10H15BN2O2.C2HF3O2/c1-7-9-5-8(11(14)15)6-12-10(9)3-4-13(7)2;3-2(4,5)1(6)7/h5-7,14-15H,3-4H2,1-2H3;(H,6,7)/t7-;/m1./s1. The third-order valence-corrected chi connectivity index (χ3v) is 3.38. The second-order valence-electron chi connectivity index (χ2n) is 4.89. The molecule has 1 aromatic rings. The van der Waals surface area contributed by atoms with Crippen molar-refractivity contribution in [2.75, 3.05) is 13.6 Å². The predicted octanol–water partition coefficient (Wildman–Crippen LogP) is -0.0564. The Kier molecular flexibility index (Phi) is 5.92. The maximum absolute atomic E-state index is 10.6. The molecule has 0 fully saturated rings. The lowest BCUT2D eigenvalue weighted by molar-refractivity contribution is -0.192. The molecule has 0 amide bonds. The number of carbonyl (C=O) groups is 1. The highest BCUT2D eigenvalue weighted by atomic mass is 19.4. The zero-order chi connectivity index (χ0) is 17.1. The van der Waals surface area contributed by atoms with Crippen molar-refractivity contribution < 1.29 is 33.1 Å². The van der Waals surface area contributed by atoms with Gasteiger partial charge in [0.1, 0.15) is 0 Å². The summed E-state index contributed by atoms with van der Waals surface area (Å²) in [4.78, 5) is 15.4. The summed E-state index contributed by atoms with van der Waals surface area (Å²) in [6.45, 7) is 3.11. The first kappa shape index (κ1) is 18.4. The quantitative estimate of drug-likeness (QED) is 0.628. The van der Waals surface area contributed by atoms with Gasteiger partial charge in [0.25, 0.3) is 0 Å². The van der Waals surface area contributed by atoms with E-state index >= 15 is 0 Å². The first-order valence-corrected chi connectivity index (χ1v) is 6.39. The number of carboxylic acids is 1. The Hall–Kier alpha value is -1.65. The van der Waals surface area contributed by atoms with Gasteiger partial charge in [0.15, 0.2) is 0 Å². The van der Waals surface area contributed by atoms with Gasteiger partial charge in [0.05, 0.1) is 0 Å². The van der Waals surface area contributed by atoms with Crippen LogP contribution in [0.3, 0.4) is 0 Å². The summed E-state index contributed by atoms with van der Waals surface area (Å²) in [7, 11) is 0.637. The molecular weight excluding hydrogens is 304 g/mol. The van der Waals surface area contributed by atoms with Crippen molar-refractivity contribution in [3.63, 3.8) is 0 Å². The van der Waals surface area contributed by atoms with E-state index in [0.29, 0.717) is 11.5 Å². The van der Waals surface area contributed by atoms with E-state index < -0.39 is 19.3 Å². The fourth-order valence-electron chi connectivity index (χ4n) is 1.95. The number of halogens is 3. The van der Waals surface area contributed by atoms with E-state index in [1.807, 2.05) is 6.07 Å². The molecule has 2 heterocycles. The summed E-state index contributed by atoms with van der Waals surface area (Å²) < 4.78 is 31.7. The van der Waals surface area contributed by atoms with Gasteiger partial charge in [-0.15, -0.1) is 0 Å². The predicted molar refractivity (Wildman–Crippen MR) is 72.5 cm³/mol. The van der Waals surface area contributed by atoms with Gasteiger partial charge in [-0.1, -0.05) is 6.07 Å². The van der Waals surface area contributed by atoms with Gasteiger partial charge in [0, 0.05) is 36.4 Å². The van der Waals surface area contributed by atoms with Crippen LogP contribution in [0.2, 0.25) is 0 Å². The fraction of sp³-hybridized carbons (Fsp3) is 0.500. The molecule has 0 bridgehead atoms. The minimum Gasteiger partial charge on any atom is -0.475 e. The van der Waals surface area contributed by atoms with E-state index in [9.17, 15) is 13.2 Å². The van der Waals surface area contributed by atoms with Gasteiger partial charge in [-0.05, 0) is 19.5 Å². The summed E-state index contributed by atoms with van der Waals surface area (Å²) in [5, 5.41) is 25.3. The zero-order valence-electron chi connectivity index (χ0n) is 12.0. The first-order chi connectivity index (χ1) is 10.0. The lowest BCUT2D eigenvalue weighted by Crippen LogP contribution is -2.36. The van der Waals surface area contributed by atoms with Crippen molar-refractivity contribution in [1.82, 2.24) is 9.88 Å². The topological polar surface area (TPSA) is 93.9 Å². The molecule has 10 heteroatoms.